The summed E-state index contributed by atoms with van der Waals surface area (Å²) in [5, 5.41) is 4.52. The number of aromatic nitrogens is 4. The Labute approximate surface area is 213 Å². The number of hydrogen-bond acceptors (Lipinski definition) is 5. The molecule has 8 nitrogen and oxygen atoms in total. The lowest BCUT2D eigenvalue weighted by atomic mass is 10.0. The first-order chi connectivity index (χ1) is 17.9. The zero-order valence-electron chi connectivity index (χ0n) is 19.4. The summed E-state index contributed by atoms with van der Waals surface area (Å²) >= 11 is 0. The van der Waals surface area contributed by atoms with E-state index in [0.29, 0.717) is 22.7 Å². The molecule has 13 heteroatoms. The van der Waals surface area contributed by atoms with Crippen molar-refractivity contribution in [2.75, 3.05) is 4.72 Å². The third-order valence-corrected chi connectivity index (χ3v) is 7.13. The first-order valence-electron chi connectivity index (χ1n) is 10.9. The molecule has 194 valence electrons. The predicted octanol–water partition coefficient (Wildman–Crippen LogP) is 5.15. The molecule has 0 fully saturated rings. The summed E-state index contributed by atoms with van der Waals surface area (Å²) < 4.78 is 83.0. The van der Waals surface area contributed by atoms with E-state index in [-0.39, 0.29) is 11.3 Å². The average molecular weight is 544 g/mol. The van der Waals surface area contributed by atoms with Crippen LogP contribution in [-0.2, 0) is 23.2 Å². The summed E-state index contributed by atoms with van der Waals surface area (Å²) in [7, 11) is -2.73. The monoisotopic (exact) mass is 543 g/mol. The van der Waals surface area contributed by atoms with Crippen LogP contribution in [0.4, 0.5) is 23.2 Å². The van der Waals surface area contributed by atoms with Crippen molar-refractivity contribution in [3.05, 3.63) is 95.8 Å². The summed E-state index contributed by atoms with van der Waals surface area (Å²) in [5.74, 6) is -1.67. The van der Waals surface area contributed by atoms with Crippen LogP contribution in [0.15, 0.2) is 78.2 Å². The van der Waals surface area contributed by atoms with E-state index in [1.54, 1.807) is 36.4 Å². The minimum Gasteiger partial charge on any atom is -0.345 e. The molecule has 5 aromatic rings. The fourth-order valence-corrected chi connectivity index (χ4v) is 4.98. The molecule has 0 atom stereocenters. The molecule has 0 unspecified atom stereocenters. The van der Waals surface area contributed by atoms with Gasteiger partial charge in [-0.15, -0.1) is 0 Å². The van der Waals surface area contributed by atoms with Crippen molar-refractivity contribution in [1.29, 1.82) is 0 Å². The van der Waals surface area contributed by atoms with Crippen LogP contribution in [0, 0.1) is 5.82 Å². The number of hydrogen-bond donors (Lipinski definition) is 2. The molecule has 3 aromatic heterocycles. The maximum absolute atomic E-state index is 14.7. The van der Waals surface area contributed by atoms with E-state index in [0.717, 1.165) is 42.0 Å². The van der Waals surface area contributed by atoms with Crippen LogP contribution in [0.3, 0.4) is 0 Å². The average Bonchev–Trinajstić information content (AvgIpc) is 3.50. The number of pyridine rings is 1. The fourth-order valence-electron chi connectivity index (χ4n) is 3.88. The maximum Gasteiger partial charge on any atom is 0.416 e. The van der Waals surface area contributed by atoms with Gasteiger partial charge in [0.15, 0.2) is 5.78 Å². The number of carbonyl (C=O) groups is 1. The standard InChI is InChI=1S/C25H17F4N5O3S/c1-34-13-15(11-32-34)14-7-19-21(12-31-24(19)30-10-14)23(35)20-9-17(5-6-22(20)26)33-38(36,37)18-4-2-3-16(8-18)25(27,28)29/h2-13,33H,1H3,(H,30,31). The number of aromatic amines is 1. The van der Waals surface area contributed by atoms with E-state index < -0.39 is 43.8 Å². The molecule has 5 rings (SSSR count). The lowest BCUT2D eigenvalue weighted by molar-refractivity contribution is -0.137. The highest BCUT2D eigenvalue weighted by molar-refractivity contribution is 7.92. The van der Waals surface area contributed by atoms with Gasteiger partial charge >= 0.3 is 6.18 Å². The third kappa shape index (κ3) is 4.75. The second-order valence-electron chi connectivity index (χ2n) is 8.38. The summed E-state index contributed by atoms with van der Waals surface area (Å²) in [6.45, 7) is 0. The second-order valence-corrected chi connectivity index (χ2v) is 10.1. The Bertz CT molecular complexity index is 1810. The number of alkyl halides is 3. The Hall–Kier alpha value is -4.52. The molecule has 2 aromatic carbocycles. The quantitative estimate of drug-likeness (QED) is 0.227. The number of nitrogens with one attached hydrogen (secondary N) is 2. The summed E-state index contributed by atoms with van der Waals surface area (Å²) in [6.07, 6.45) is 1.60. The first-order valence-corrected chi connectivity index (χ1v) is 12.4. The molecule has 38 heavy (non-hydrogen) atoms. The molecular weight excluding hydrogens is 526 g/mol. The molecule has 0 aliphatic carbocycles. The van der Waals surface area contributed by atoms with Gasteiger partial charge in [0.1, 0.15) is 11.5 Å². The first kappa shape index (κ1) is 25.1. The number of halogens is 4. The van der Waals surface area contributed by atoms with Crippen LogP contribution in [-0.4, -0.2) is 33.9 Å². The molecule has 3 heterocycles. The molecule has 0 saturated heterocycles. The van der Waals surface area contributed by atoms with E-state index in [2.05, 4.69) is 19.8 Å². The Kier molecular flexibility index (Phi) is 6.02. The molecule has 0 bridgehead atoms. The van der Waals surface area contributed by atoms with Crippen LogP contribution >= 0.6 is 0 Å². The Morgan fingerprint density at radius 3 is 2.53 bits per heavy atom. The second kappa shape index (κ2) is 9.10. The van der Waals surface area contributed by atoms with Crippen molar-refractivity contribution >= 4 is 32.5 Å². The number of nitrogens with zero attached hydrogens (tertiary/aromatic N) is 3. The van der Waals surface area contributed by atoms with Crippen LogP contribution < -0.4 is 4.72 Å². The maximum atomic E-state index is 14.7. The predicted molar refractivity (Wildman–Crippen MR) is 130 cm³/mol. The van der Waals surface area contributed by atoms with Crippen LogP contribution in [0.1, 0.15) is 21.5 Å². The summed E-state index contributed by atoms with van der Waals surface area (Å²) in [4.78, 5) is 19.8. The van der Waals surface area contributed by atoms with E-state index in [4.69, 9.17) is 0 Å². The van der Waals surface area contributed by atoms with E-state index in [1.165, 1.54) is 6.20 Å². The van der Waals surface area contributed by atoms with Gasteiger partial charge in [0.25, 0.3) is 10.0 Å². The lowest BCUT2D eigenvalue weighted by Gasteiger charge is -2.12. The molecule has 2 N–H and O–H groups in total. The normalized spacial score (nSPS) is 12.1. The van der Waals surface area contributed by atoms with Crippen molar-refractivity contribution < 1.29 is 30.8 Å². The van der Waals surface area contributed by atoms with Crippen molar-refractivity contribution in [2.24, 2.45) is 7.05 Å². The van der Waals surface area contributed by atoms with Gasteiger partial charge in [-0.3, -0.25) is 14.2 Å². The smallest absolute Gasteiger partial charge is 0.345 e. The van der Waals surface area contributed by atoms with Gasteiger partial charge in [-0.05, 0) is 42.5 Å². The molecule has 0 radical (unpaired) electrons. The topological polar surface area (TPSA) is 110 Å². The van der Waals surface area contributed by atoms with Gasteiger partial charge < -0.3 is 4.98 Å². The molecule has 0 spiro atoms. The van der Waals surface area contributed by atoms with Gasteiger partial charge in [0, 0.05) is 53.4 Å². The number of aryl methyl sites for hydroxylation is 1. The van der Waals surface area contributed by atoms with Crippen molar-refractivity contribution in [3.63, 3.8) is 0 Å². The van der Waals surface area contributed by atoms with Crippen molar-refractivity contribution in [2.45, 2.75) is 11.1 Å². The zero-order valence-corrected chi connectivity index (χ0v) is 20.2. The van der Waals surface area contributed by atoms with E-state index in [1.807, 2.05) is 0 Å². The number of benzene rings is 2. The van der Waals surface area contributed by atoms with E-state index in [9.17, 15) is 30.8 Å². The number of rotatable bonds is 6. The van der Waals surface area contributed by atoms with Crippen molar-refractivity contribution in [1.82, 2.24) is 19.7 Å². The summed E-state index contributed by atoms with van der Waals surface area (Å²) in [6, 6.07) is 7.81. The van der Waals surface area contributed by atoms with Gasteiger partial charge in [0.2, 0.25) is 0 Å². The number of anilines is 1. The molecule has 0 saturated carbocycles. The molecule has 0 aliphatic rings. The number of carbonyl (C=O) groups excluding carboxylic acids is 1. The van der Waals surface area contributed by atoms with E-state index >= 15 is 0 Å². The van der Waals surface area contributed by atoms with Crippen LogP contribution in [0.2, 0.25) is 0 Å². The zero-order chi connectivity index (χ0) is 27.2. The highest BCUT2D eigenvalue weighted by atomic mass is 32.2. The number of fused-ring (bicyclic) bond motifs is 1. The molecule has 0 amide bonds. The minimum atomic E-state index is -4.74. The van der Waals surface area contributed by atoms with Gasteiger partial charge in [-0.2, -0.15) is 18.3 Å². The molecular formula is C25H17F4N5O3S. The number of ketones is 1. The van der Waals surface area contributed by atoms with Gasteiger partial charge in [-0.25, -0.2) is 17.8 Å². The highest BCUT2D eigenvalue weighted by Crippen LogP contribution is 2.31. The minimum absolute atomic E-state index is 0.0926. The largest absolute Gasteiger partial charge is 0.416 e. The van der Waals surface area contributed by atoms with Gasteiger partial charge in [-0.1, -0.05) is 6.07 Å². The fraction of sp³-hybridized carbons (Fsp3) is 0.0800. The number of H-pyrrole nitrogens is 1. The van der Waals surface area contributed by atoms with Crippen LogP contribution in [0.5, 0.6) is 0 Å². The lowest BCUT2D eigenvalue weighted by Crippen LogP contribution is -2.15. The molecule has 0 aliphatic heterocycles. The Morgan fingerprint density at radius 1 is 1.03 bits per heavy atom. The number of sulfonamides is 1. The van der Waals surface area contributed by atoms with Crippen LogP contribution in [0.25, 0.3) is 22.2 Å². The Balaban J connectivity index is 1.48. The summed E-state index contributed by atoms with van der Waals surface area (Å²) in [5.41, 5.74) is 0.0934. The SMILES string of the molecule is Cn1cc(-c2cnc3[nH]cc(C(=O)c4cc(NS(=O)(=O)c5cccc(C(F)(F)F)c5)ccc4F)c3c2)cn1. The van der Waals surface area contributed by atoms with Crippen molar-refractivity contribution in [3.8, 4) is 11.1 Å². The third-order valence-electron chi connectivity index (χ3n) is 5.75. The highest BCUT2D eigenvalue weighted by Gasteiger charge is 2.32. The van der Waals surface area contributed by atoms with Gasteiger partial charge in [0.05, 0.1) is 22.2 Å². The Morgan fingerprint density at radius 2 is 1.82 bits per heavy atom.